The number of Topliss-reactive ketones (excluding diaryl/α,β-unsaturated/α-hetero) is 1. The van der Waals surface area contributed by atoms with Gasteiger partial charge in [-0.2, -0.15) is 0 Å². The van der Waals surface area contributed by atoms with E-state index in [4.69, 9.17) is 14.2 Å². The molecule has 0 N–H and O–H groups in total. The number of ether oxygens (including phenoxy) is 3. The van der Waals surface area contributed by atoms with Gasteiger partial charge in [-0.15, -0.1) is 0 Å². The molecule has 1 aliphatic heterocycles. The quantitative estimate of drug-likeness (QED) is 0.273. The van der Waals surface area contributed by atoms with E-state index in [9.17, 15) is 14.4 Å². The van der Waals surface area contributed by atoms with Gasteiger partial charge in [-0.25, -0.2) is 9.59 Å². The maximum atomic E-state index is 12.8. The van der Waals surface area contributed by atoms with Crippen LogP contribution in [0.2, 0.25) is 0 Å². The lowest BCUT2D eigenvalue weighted by atomic mass is 9.63. The van der Waals surface area contributed by atoms with Crippen molar-refractivity contribution in [3.8, 4) is 0 Å². The smallest absolute Gasteiger partial charge is 0.341 e. The molecule has 2 saturated carbocycles. The summed E-state index contributed by atoms with van der Waals surface area (Å²) in [5.41, 5.74) is 0.592. The number of ketones is 1. The number of esters is 2. The molecular weight excluding hydrogens is 396 g/mol. The first-order chi connectivity index (χ1) is 14.4. The molecule has 1 heterocycles. The highest BCUT2D eigenvalue weighted by Gasteiger charge is 2.60. The lowest BCUT2D eigenvalue weighted by molar-refractivity contribution is -0.163. The Labute approximate surface area is 185 Å². The monoisotopic (exact) mass is 432 g/mol. The van der Waals surface area contributed by atoms with Gasteiger partial charge in [-0.3, -0.25) is 4.79 Å². The first-order valence-electron chi connectivity index (χ1n) is 11.3. The minimum absolute atomic E-state index is 0.0000297. The van der Waals surface area contributed by atoms with Gasteiger partial charge < -0.3 is 14.2 Å². The topological polar surface area (TPSA) is 82.2 Å². The summed E-state index contributed by atoms with van der Waals surface area (Å²) in [5.74, 6) is -1.05. The number of carbonyl (C=O) groups is 3. The third kappa shape index (κ3) is 4.23. The summed E-state index contributed by atoms with van der Waals surface area (Å²) in [6.07, 6.45) is 1.82. The van der Waals surface area contributed by atoms with E-state index in [1.807, 2.05) is 6.92 Å². The minimum atomic E-state index is -0.891. The van der Waals surface area contributed by atoms with Gasteiger partial charge >= 0.3 is 11.9 Å². The van der Waals surface area contributed by atoms with Gasteiger partial charge in [0.25, 0.3) is 0 Å². The second kappa shape index (κ2) is 8.53. The lowest BCUT2D eigenvalue weighted by Gasteiger charge is -2.44. The molecule has 31 heavy (non-hydrogen) atoms. The summed E-state index contributed by atoms with van der Waals surface area (Å²) in [5, 5.41) is 0. The van der Waals surface area contributed by atoms with Crippen molar-refractivity contribution in [3.05, 3.63) is 23.8 Å². The van der Waals surface area contributed by atoms with Crippen molar-refractivity contribution < 1.29 is 28.6 Å². The molecule has 0 spiro atoms. The Morgan fingerprint density at radius 2 is 1.81 bits per heavy atom. The highest BCUT2D eigenvalue weighted by molar-refractivity contribution is 5.88. The highest BCUT2D eigenvalue weighted by Crippen LogP contribution is 2.55. The van der Waals surface area contributed by atoms with Crippen molar-refractivity contribution in [2.24, 2.45) is 29.6 Å². The van der Waals surface area contributed by atoms with Crippen molar-refractivity contribution in [2.75, 3.05) is 0 Å². The van der Waals surface area contributed by atoms with E-state index in [1.165, 1.54) is 0 Å². The third-order valence-electron chi connectivity index (χ3n) is 7.68. The molecule has 3 rings (SSSR count). The van der Waals surface area contributed by atoms with Crippen LogP contribution < -0.4 is 0 Å². The van der Waals surface area contributed by atoms with E-state index in [1.54, 1.807) is 33.8 Å². The third-order valence-corrected chi connectivity index (χ3v) is 7.68. The van der Waals surface area contributed by atoms with E-state index in [-0.39, 0.29) is 53.6 Å². The summed E-state index contributed by atoms with van der Waals surface area (Å²) in [6.45, 7) is 17.1. The van der Waals surface area contributed by atoms with Crippen molar-refractivity contribution in [1.82, 2.24) is 0 Å². The van der Waals surface area contributed by atoms with Gasteiger partial charge in [0.1, 0.15) is 18.0 Å². The standard InChI is InChI=1S/C25H36O6/c1-9-13(4)23(27)29-19-11-17-14(5)10-18(30-24(28)25(8)16(7)31-25)20(12(2)3)22(17)21(19)15(6)26/h9,12,16-22H,5,10-11H2,1-4,6-8H3. The van der Waals surface area contributed by atoms with Gasteiger partial charge in [0, 0.05) is 17.9 Å². The summed E-state index contributed by atoms with van der Waals surface area (Å²) in [6, 6.07) is 0. The zero-order valence-corrected chi connectivity index (χ0v) is 19.8. The zero-order chi connectivity index (χ0) is 23.2. The Balaban J connectivity index is 1.89. The average molecular weight is 433 g/mol. The first kappa shape index (κ1) is 23.7. The predicted octanol–water partition coefficient (Wildman–Crippen LogP) is 4.03. The summed E-state index contributed by atoms with van der Waals surface area (Å²) in [7, 11) is 0. The fourth-order valence-corrected chi connectivity index (χ4v) is 5.59. The number of fused-ring (bicyclic) bond motifs is 1. The van der Waals surface area contributed by atoms with Crippen LogP contribution in [-0.4, -0.2) is 41.6 Å². The number of epoxide rings is 1. The average Bonchev–Trinajstić information content (AvgIpc) is 3.13. The molecule has 2 aliphatic carbocycles. The van der Waals surface area contributed by atoms with Gasteiger partial charge in [0.2, 0.25) is 0 Å². The summed E-state index contributed by atoms with van der Waals surface area (Å²) < 4.78 is 17.2. The molecule has 0 aromatic heterocycles. The Kier molecular flexibility index (Phi) is 6.52. The van der Waals surface area contributed by atoms with E-state index in [0.29, 0.717) is 18.4 Å². The Hall–Kier alpha value is -1.95. The van der Waals surface area contributed by atoms with Gasteiger partial charge in [-0.05, 0) is 58.8 Å². The molecule has 6 nitrogen and oxygen atoms in total. The Bertz CT molecular complexity index is 811. The molecule has 0 radical (unpaired) electrons. The lowest BCUT2D eigenvalue weighted by Crippen LogP contribution is -2.47. The van der Waals surface area contributed by atoms with Crippen LogP contribution in [0, 0.1) is 29.6 Å². The minimum Gasteiger partial charge on any atom is -0.460 e. The summed E-state index contributed by atoms with van der Waals surface area (Å²) >= 11 is 0. The molecule has 6 heteroatoms. The van der Waals surface area contributed by atoms with Crippen LogP contribution >= 0.6 is 0 Å². The fourth-order valence-electron chi connectivity index (χ4n) is 5.59. The van der Waals surface area contributed by atoms with Gasteiger partial charge in [0.05, 0.1) is 12.0 Å². The molecule has 8 atom stereocenters. The van der Waals surface area contributed by atoms with Crippen LogP contribution in [0.5, 0.6) is 0 Å². The number of hydrogen-bond acceptors (Lipinski definition) is 6. The zero-order valence-electron chi connectivity index (χ0n) is 19.8. The number of carbonyl (C=O) groups excluding carboxylic acids is 3. The molecule has 0 amide bonds. The highest BCUT2D eigenvalue weighted by atomic mass is 16.7. The van der Waals surface area contributed by atoms with Crippen molar-refractivity contribution in [1.29, 1.82) is 0 Å². The number of allylic oxidation sites excluding steroid dienone is 1. The van der Waals surface area contributed by atoms with Crippen molar-refractivity contribution in [3.63, 3.8) is 0 Å². The van der Waals surface area contributed by atoms with Crippen LogP contribution in [0.15, 0.2) is 23.8 Å². The van der Waals surface area contributed by atoms with Gasteiger partial charge in [0.15, 0.2) is 5.60 Å². The van der Waals surface area contributed by atoms with E-state index >= 15 is 0 Å². The molecule has 0 aromatic carbocycles. The second-order valence-electron chi connectivity index (χ2n) is 9.97. The fraction of sp³-hybridized carbons (Fsp3) is 0.720. The number of hydrogen-bond donors (Lipinski definition) is 0. The van der Waals surface area contributed by atoms with Crippen LogP contribution in [-0.2, 0) is 28.6 Å². The van der Waals surface area contributed by atoms with Crippen LogP contribution in [0.25, 0.3) is 0 Å². The first-order valence-corrected chi connectivity index (χ1v) is 11.3. The Morgan fingerprint density at radius 1 is 1.19 bits per heavy atom. The molecule has 3 aliphatic rings. The predicted molar refractivity (Wildman–Crippen MR) is 116 cm³/mol. The van der Waals surface area contributed by atoms with Crippen LogP contribution in [0.4, 0.5) is 0 Å². The molecule has 3 fully saturated rings. The van der Waals surface area contributed by atoms with Crippen molar-refractivity contribution in [2.45, 2.75) is 85.2 Å². The molecule has 8 unspecified atom stereocenters. The van der Waals surface area contributed by atoms with Crippen LogP contribution in [0.1, 0.15) is 61.3 Å². The van der Waals surface area contributed by atoms with E-state index in [2.05, 4.69) is 20.4 Å². The van der Waals surface area contributed by atoms with Crippen molar-refractivity contribution >= 4 is 17.7 Å². The SMILES string of the molecule is C=C1CC(OC(=O)C2(C)OC2C)C(C(C)C)C2C1CC(OC(=O)C(C)=CC)C2C(C)=O. The molecular formula is C25H36O6. The largest absolute Gasteiger partial charge is 0.460 e. The molecule has 0 aromatic rings. The Morgan fingerprint density at radius 3 is 2.29 bits per heavy atom. The van der Waals surface area contributed by atoms with E-state index in [0.717, 1.165) is 5.57 Å². The second-order valence-corrected chi connectivity index (χ2v) is 9.97. The molecule has 0 bridgehead atoms. The van der Waals surface area contributed by atoms with E-state index < -0.39 is 17.6 Å². The number of rotatable bonds is 6. The maximum Gasteiger partial charge on any atom is 0.341 e. The summed E-state index contributed by atoms with van der Waals surface area (Å²) in [4.78, 5) is 38.0. The van der Waals surface area contributed by atoms with Crippen LogP contribution in [0.3, 0.4) is 0 Å². The van der Waals surface area contributed by atoms with Gasteiger partial charge in [-0.1, -0.05) is 32.1 Å². The molecule has 1 saturated heterocycles. The normalized spacial score (nSPS) is 39.8. The maximum absolute atomic E-state index is 12.8. The molecule has 172 valence electrons.